The number of hydrogen-bond donors (Lipinski definition) is 2. The van der Waals surface area contributed by atoms with E-state index in [2.05, 4.69) is 15.7 Å². The number of urea groups is 1. The zero-order valence-corrected chi connectivity index (χ0v) is 17.2. The molecule has 0 unspecified atom stereocenters. The van der Waals surface area contributed by atoms with Gasteiger partial charge in [-0.15, -0.1) is 0 Å². The lowest BCUT2D eigenvalue weighted by Crippen LogP contribution is -2.41. The summed E-state index contributed by atoms with van der Waals surface area (Å²) >= 11 is 0. The number of imide groups is 1. The minimum atomic E-state index is -1.08. The van der Waals surface area contributed by atoms with Crippen LogP contribution >= 0.6 is 0 Å². The van der Waals surface area contributed by atoms with Crippen LogP contribution in [-0.4, -0.2) is 57.2 Å². The molecule has 0 bridgehead atoms. The molecule has 1 saturated heterocycles. The topological polar surface area (TPSA) is 123 Å². The van der Waals surface area contributed by atoms with E-state index in [0.717, 1.165) is 16.2 Å². The largest absolute Gasteiger partial charge is 0.454 e. The highest BCUT2D eigenvalue weighted by molar-refractivity contribution is 6.08. The van der Waals surface area contributed by atoms with Crippen molar-refractivity contribution in [2.24, 2.45) is 0 Å². The molecule has 4 amide bonds. The van der Waals surface area contributed by atoms with Crippen molar-refractivity contribution in [2.75, 3.05) is 18.5 Å². The Kier molecular flexibility index (Phi) is 5.59. The summed E-state index contributed by atoms with van der Waals surface area (Å²) in [6.07, 6.45) is 0. The Balaban J connectivity index is 1.58. The summed E-state index contributed by atoms with van der Waals surface area (Å²) in [5.74, 6) is -1.55. The average Bonchev–Trinajstić information content (AvgIpc) is 3.12. The minimum absolute atomic E-state index is 0.424. The second-order valence-electron chi connectivity index (χ2n) is 7.57. The van der Waals surface area contributed by atoms with Gasteiger partial charge in [-0.1, -0.05) is 17.7 Å². The molecule has 2 heterocycles. The molecule has 30 heavy (non-hydrogen) atoms. The number of anilines is 1. The van der Waals surface area contributed by atoms with Gasteiger partial charge >= 0.3 is 12.0 Å². The van der Waals surface area contributed by atoms with E-state index in [1.165, 1.54) is 13.8 Å². The highest BCUT2D eigenvalue weighted by Crippen LogP contribution is 2.18. The average molecular weight is 413 g/mol. The lowest BCUT2D eigenvalue weighted by molar-refractivity contribution is -0.150. The first kappa shape index (κ1) is 21.0. The van der Waals surface area contributed by atoms with Crippen molar-refractivity contribution < 1.29 is 23.9 Å². The van der Waals surface area contributed by atoms with Crippen molar-refractivity contribution in [3.8, 4) is 5.69 Å². The number of aromatic nitrogens is 2. The molecule has 10 heteroatoms. The van der Waals surface area contributed by atoms with E-state index in [0.29, 0.717) is 11.5 Å². The van der Waals surface area contributed by atoms with Crippen LogP contribution in [0.15, 0.2) is 30.3 Å². The number of aryl methyl sites for hydroxylation is 2. The van der Waals surface area contributed by atoms with Crippen molar-refractivity contribution in [3.63, 3.8) is 0 Å². The first-order valence-corrected chi connectivity index (χ1v) is 9.30. The number of amides is 4. The van der Waals surface area contributed by atoms with Crippen molar-refractivity contribution in [2.45, 2.75) is 33.2 Å². The van der Waals surface area contributed by atoms with Gasteiger partial charge in [0.15, 0.2) is 6.61 Å². The van der Waals surface area contributed by atoms with Crippen molar-refractivity contribution in [1.29, 1.82) is 0 Å². The van der Waals surface area contributed by atoms with Crippen LogP contribution in [0.25, 0.3) is 5.69 Å². The number of rotatable bonds is 6. The number of ether oxygens (including phenoxy) is 1. The number of nitrogens with zero attached hydrogens (tertiary/aromatic N) is 3. The van der Waals surface area contributed by atoms with E-state index < -0.39 is 42.5 Å². The summed E-state index contributed by atoms with van der Waals surface area (Å²) in [5.41, 5.74) is 1.47. The van der Waals surface area contributed by atoms with E-state index in [9.17, 15) is 19.2 Å². The third-order valence-corrected chi connectivity index (χ3v) is 4.47. The van der Waals surface area contributed by atoms with Crippen LogP contribution in [0.5, 0.6) is 0 Å². The van der Waals surface area contributed by atoms with E-state index in [1.807, 2.05) is 31.2 Å². The molecule has 0 radical (unpaired) electrons. The maximum atomic E-state index is 12.2. The normalized spacial score (nSPS) is 15.1. The zero-order chi connectivity index (χ0) is 22.1. The molecule has 0 saturated carbocycles. The molecule has 1 fully saturated rings. The molecule has 10 nitrogen and oxygen atoms in total. The van der Waals surface area contributed by atoms with E-state index in [-0.39, 0.29) is 0 Å². The number of nitrogens with one attached hydrogen (secondary N) is 2. The lowest BCUT2D eigenvalue weighted by atomic mass is 10.1. The Bertz CT molecular complexity index is 1010. The SMILES string of the molecule is Cc1ccc(-n2nc(C)cc2NC(=O)COC(=O)CN2C(=O)NC(C)(C)C2=O)cc1. The van der Waals surface area contributed by atoms with Crippen LogP contribution in [0.3, 0.4) is 0 Å². The van der Waals surface area contributed by atoms with Crippen LogP contribution in [0.4, 0.5) is 10.6 Å². The van der Waals surface area contributed by atoms with Gasteiger partial charge in [-0.2, -0.15) is 5.10 Å². The van der Waals surface area contributed by atoms with Gasteiger partial charge in [-0.05, 0) is 39.8 Å². The van der Waals surface area contributed by atoms with Gasteiger partial charge < -0.3 is 15.4 Å². The molecule has 1 aliphatic heterocycles. The molecular formula is C20H23N5O5. The Morgan fingerprint density at radius 3 is 2.43 bits per heavy atom. The first-order chi connectivity index (χ1) is 14.1. The second kappa shape index (κ2) is 7.97. The third-order valence-electron chi connectivity index (χ3n) is 4.47. The Hall–Kier alpha value is -3.69. The molecule has 1 aromatic heterocycles. The fourth-order valence-electron chi connectivity index (χ4n) is 2.93. The Morgan fingerprint density at radius 2 is 1.83 bits per heavy atom. The fraction of sp³-hybridized carbons (Fsp3) is 0.350. The van der Waals surface area contributed by atoms with Gasteiger partial charge in [-0.3, -0.25) is 19.3 Å². The van der Waals surface area contributed by atoms with Crippen LogP contribution in [0.1, 0.15) is 25.1 Å². The van der Waals surface area contributed by atoms with E-state index >= 15 is 0 Å². The van der Waals surface area contributed by atoms with Crippen LogP contribution < -0.4 is 10.6 Å². The number of carbonyl (C=O) groups excluding carboxylic acids is 4. The maximum Gasteiger partial charge on any atom is 0.326 e. The quantitative estimate of drug-likeness (QED) is 0.544. The van der Waals surface area contributed by atoms with Crippen molar-refractivity contribution in [3.05, 3.63) is 41.6 Å². The fourth-order valence-corrected chi connectivity index (χ4v) is 2.93. The Morgan fingerprint density at radius 1 is 1.17 bits per heavy atom. The number of hydrogen-bond acceptors (Lipinski definition) is 6. The van der Waals surface area contributed by atoms with Crippen molar-refractivity contribution in [1.82, 2.24) is 20.0 Å². The predicted octanol–water partition coefficient (Wildman–Crippen LogP) is 1.30. The highest BCUT2D eigenvalue weighted by atomic mass is 16.5. The van der Waals surface area contributed by atoms with E-state index in [1.54, 1.807) is 17.7 Å². The minimum Gasteiger partial charge on any atom is -0.454 e. The summed E-state index contributed by atoms with van der Waals surface area (Å²) in [6, 6.07) is 8.61. The van der Waals surface area contributed by atoms with Gasteiger partial charge in [-0.25, -0.2) is 9.48 Å². The smallest absolute Gasteiger partial charge is 0.326 e. The number of benzene rings is 1. The predicted molar refractivity (Wildman–Crippen MR) is 107 cm³/mol. The number of esters is 1. The molecular weight excluding hydrogens is 390 g/mol. The standard InChI is InChI=1S/C20H23N5O5/c1-12-5-7-14(8-6-12)25-15(9-13(2)23-25)21-16(26)11-30-17(27)10-24-18(28)20(3,4)22-19(24)29/h5-9H,10-11H2,1-4H3,(H,21,26)(H,22,29). The second-order valence-corrected chi connectivity index (χ2v) is 7.57. The maximum absolute atomic E-state index is 12.2. The summed E-state index contributed by atoms with van der Waals surface area (Å²) in [4.78, 5) is 48.9. The molecule has 1 aliphatic rings. The van der Waals surface area contributed by atoms with Crippen LogP contribution in [-0.2, 0) is 19.1 Å². The molecule has 2 aromatic rings. The van der Waals surface area contributed by atoms with Gasteiger partial charge in [0.25, 0.3) is 11.8 Å². The van der Waals surface area contributed by atoms with Crippen molar-refractivity contribution >= 4 is 29.6 Å². The lowest BCUT2D eigenvalue weighted by Gasteiger charge is -2.15. The molecule has 158 valence electrons. The van der Waals surface area contributed by atoms with Crippen LogP contribution in [0, 0.1) is 13.8 Å². The van der Waals surface area contributed by atoms with Gasteiger partial charge in [0.2, 0.25) is 0 Å². The van der Waals surface area contributed by atoms with Gasteiger partial charge in [0, 0.05) is 6.07 Å². The monoisotopic (exact) mass is 413 g/mol. The van der Waals surface area contributed by atoms with Gasteiger partial charge in [0.1, 0.15) is 17.9 Å². The zero-order valence-electron chi connectivity index (χ0n) is 17.2. The summed E-state index contributed by atoms with van der Waals surface area (Å²) in [6.45, 7) is 5.69. The van der Waals surface area contributed by atoms with E-state index in [4.69, 9.17) is 4.74 Å². The molecule has 0 spiro atoms. The number of carbonyl (C=O) groups is 4. The Labute approximate surface area is 173 Å². The molecule has 3 rings (SSSR count). The van der Waals surface area contributed by atoms with Gasteiger partial charge in [0.05, 0.1) is 11.4 Å². The van der Waals surface area contributed by atoms with Crippen LogP contribution in [0.2, 0.25) is 0 Å². The summed E-state index contributed by atoms with van der Waals surface area (Å²) in [5, 5.41) is 9.48. The molecule has 0 aliphatic carbocycles. The highest BCUT2D eigenvalue weighted by Gasteiger charge is 2.45. The third kappa shape index (κ3) is 4.48. The molecule has 0 atom stereocenters. The summed E-state index contributed by atoms with van der Waals surface area (Å²) < 4.78 is 6.49. The first-order valence-electron chi connectivity index (χ1n) is 9.30. The molecule has 2 N–H and O–H groups in total. The summed E-state index contributed by atoms with van der Waals surface area (Å²) in [7, 11) is 0. The molecule has 1 aromatic carbocycles.